The molecule has 1 aromatic heterocycles. The van der Waals surface area contributed by atoms with Crippen LogP contribution in [0.2, 0.25) is 0 Å². The van der Waals surface area contributed by atoms with E-state index in [1.807, 2.05) is 12.3 Å². The first kappa shape index (κ1) is 15.6. The molecule has 0 bridgehead atoms. The highest BCUT2D eigenvalue weighted by atomic mass is 19.4. The number of aryl methyl sites for hydroxylation is 1. The van der Waals surface area contributed by atoms with Crippen molar-refractivity contribution in [2.45, 2.75) is 32.1 Å². The van der Waals surface area contributed by atoms with Crippen LogP contribution in [0.5, 0.6) is 0 Å². The largest absolute Gasteiger partial charge is 0.416 e. The molecular weight excluding hydrogens is 279 g/mol. The molecule has 0 amide bonds. The number of hydrogen-bond donors (Lipinski definition) is 1. The molecule has 1 aromatic carbocycles. The van der Waals surface area contributed by atoms with Crippen molar-refractivity contribution >= 4 is 0 Å². The van der Waals surface area contributed by atoms with Gasteiger partial charge in [-0.3, -0.25) is 4.68 Å². The topological polar surface area (TPSA) is 29.9 Å². The van der Waals surface area contributed by atoms with Gasteiger partial charge in [0.15, 0.2) is 0 Å². The average Bonchev–Trinajstić information content (AvgIpc) is 2.95. The fourth-order valence-corrected chi connectivity index (χ4v) is 2.24. The summed E-state index contributed by atoms with van der Waals surface area (Å²) in [6.07, 6.45) is 0.0554. The first-order valence-corrected chi connectivity index (χ1v) is 6.85. The Morgan fingerprint density at radius 3 is 2.67 bits per heavy atom. The van der Waals surface area contributed by atoms with E-state index in [2.05, 4.69) is 10.4 Å². The summed E-state index contributed by atoms with van der Waals surface area (Å²) in [6.45, 7) is 3.12. The smallest absolute Gasteiger partial charge is 0.310 e. The van der Waals surface area contributed by atoms with Gasteiger partial charge in [-0.25, -0.2) is 0 Å². The second kappa shape index (κ2) is 6.76. The van der Waals surface area contributed by atoms with Gasteiger partial charge in [0, 0.05) is 25.0 Å². The summed E-state index contributed by atoms with van der Waals surface area (Å²) in [7, 11) is 0. The van der Waals surface area contributed by atoms with Gasteiger partial charge in [-0.2, -0.15) is 18.3 Å². The minimum absolute atomic E-state index is 0.282. The lowest BCUT2D eigenvalue weighted by Gasteiger charge is -2.19. The van der Waals surface area contributed by atoms with Crippen molar-refractivity contribution < 1.29 is 13.2 Å². The Bertz CT molecular complexity index is 550. The quantitative estimate of drug-likeness (QED) is 0.825. The van der Waals surface area contributed by atoms with Crippen molar-refractivity contribution in [3.63, 3.8) is 0 Å². The van der Waals surface area contributed by atoms with E-state index in [0.717, 1.165) is 19.0 Å². The highest BCUT2D eigenvalue weighted by Gasteiger charge is 2.33. The number of alkyl halides is 3. The molecule has 0 aliphatic carbocycles. The van der Waals surface area contributed by atoms with E-state index in [1.165, 1.54) is 12.1 Å². The second-order valence-electron chi connectivity index (χ2n) is 4.88. The minimum atomic E-state index is -4.32. The van der Waals surface area contributed by atoms with Crippen LogP contribution in [-0.4, -0.2) is 16.3 Å². The lowest BCUT2D eigenvalue weighted by atomic mass is 10.0. The minimum Gasteiger partial charge on any atom is -0.310 e. The van der Waals surface area contributed by atoms with Crippen molar-refractivity contribution in [1.29, 1.82) is 0 Å². The van der Waals surface area contributed by atoms with Crippen molar-refractivity contribution in [2.75, 3.05) is 6.54 Å². The molecule has 114 valence electrons. The molecule has 0 spiro atoms. The molecule has 0 aliphatic rings. The van der Waals surface area contributed by atoms with Crippen molar-refractivity contribution in [2.24, 2.45) is 0 Å². The first-order valence-electron chi connectivity index (χ1n) is 6.85. The zero-order chi connectivity index (χ0) is 15.3. The van der Waals surface area contributed by atoms with Crippen molar-refractivity contribution in [3.8, 4) is 0 Å². The van der Waals surface area contributed by atoms with E-state index >= 15 is 0 Å². The SMILES string of the molecule is CC(NCCCn1cccn1)c1ccccc1C(F)(F)F. The Kier molecular flexibility index (Phi) is 5.01. The Labute approximate surface area is 121 Å². The summed E-state index contributed by atoms with van der Waals surface area (Å²) in [5.74, 6) is 0. The van der Waals surface area contributed by atoms with Gasteiger partial charge in [-0.1, -0.05) is 18.2 Å². The standard InChI is InChI=1S/C15H18F3N3/c1-12(19-8-4-10-21-11-5-9-20-21)13-6-2-3-7-14(13)15(16,17)18/h2-3,5-7,9,11-12,19H,4,8,10H2,1H3. The van der Waals surface area contributed by atoms with E-state index in [9.17, 15) is 13.2 Å². The van der Waals surface area contributed by atoms with Crippen LogP contribution in [-0.2, 0) is 12.7 Å². The molecule has 1 unspecified atom stereocenters. The Morgan fingerprint density at radius 1 is 1.24 bits per heavy atom. The fraction of sp³-hybridized carbons (Fsp3) is 0.400. The van der Waals surface area contributed by atoms with E-state index in [0.29, 0.717) is 6.54 Å². The normalized spacial score (nSPS) is 13.3. The third kappa shape index (κ3) is 4.32. The van der Waals surface area contributed by atoms with Crippen LogP contribution < -0.4 is 5.32 Å². The average molecular weight is 297 g/mol. The molecule has 2 aromatic rings. The molecule has 0 aliphatic heterocycles. The molecule has 21 heavy (non-hydrogen) atoms. The third-order valence-electron chi connectivity index (χ3n) is 3.31. The van der Waals surface area contributed by atoms with E-state index < -0.39 is 11.7 Å². The van der Waals surface area contributed by atoms with Crippen LogP contribution in [0.15, 0.2) is 42.7 Å². The van der Waals surface area contributed by atoms with Crippen LogP contribution >= 0.6 is 0 Å². The summed E-state index contributed by atoms with van der Waals surface area (Å²) < 4.78 is 40.6. The number of rotatable bonds is 6. The van der Waals surface area contributed by atoms with Gasteiger partial charge < -0.3 is 5.32 Å². The number of benzene rings is 1. The van der Waals surface area contributed by atoms with Gasteiger partial charge in [0.2, 0.25) is 0 Å². The first-order chi connectivity index (χ1) is 9.98. The van der Waals surface area contributed by atoms with Gasteiger partial charge >= 0.3 is 6.18 Å². The molecule has 0 saturated carbocycles. The molecule has 1 N–H and O–H groups in total. The third-order valence-corrected chi connectivity index (χ3v) is 3.31. The van der Waals surface area contributed by atoms with Gasteiger partial charge in [0.05, 0.1) is 5.56 Å². The van der Waals surface area contributed by atoms with Crippen LogP contribution in [0.1, 0.15) is 30.5 Å². The van der Waals surface area contributed by atoms with Crippen LogP contribution in [0.3, 0.4) is 0 Å². The van der Waals surface area contributed by atoms with E-state index in [1.54, 1.807) is 23.9 Å². The summed E-state index contributed by atoms with van der Waals surface area (Å²) in [5, 5.41) is 7.21. The predicted molar refractivity (Wildman–Crippen MR) is 74.7 cm³/mol. The molecule has 3 nitrogen and oxygen atoms in total. The number of halogens is 3. The number of nitrogens with one attached hydrogen (secondary N) is 1. The molecule has 1 heterocycles. The van der Waals surface area contributed by atoms with Gasteiger partial charge in [0.1, 0.15) is 0 Å². The number of nitrogens with zero attached hydrogens (tertiary/aromatic N) is 2. The van der Waals surface area contributed by atoms with Gasteiger partial charge in [0.25, 0.3) is 0 Å². The maximum absolute atomic E-state index is 12.9. The van der Waals surface area contributed by atoms with E-state index in [4.69, 9.17) is 0 Å². The van der Waals surface area contributed by atoms with Crippen LogP contribution in [0, 0.1) is 0 Å². The molecule has 0 radical (unpaired) electrons. The summed E-state index contributed by atoms with van der Waals surface area (Å²) in [5.41, 5.74) is -0.291. The lowest BCUT2D eigenvalue weighted by Crippen LogP contribution is -2.23. The van der Waals surface area contributed by atoms with E-state index in [-0.39, 0.29) is 11.6 Å². The van der Waals surface area contributed by atoms with Crippen molar-refractivity contribution in [1.82, 2.24) is 15.1 Å². The van der Waals surface area contributed by atoms with Gasteiger partial charge in [-0.05, 0) is 37.6 Å². The van der Waals surface area contributed by atoms with Crippen LogP contribution in [0.4, 0.5) is 13.2 Å². The predicted octanol–water partition coefficient (Wildman–Crippen LogP) is 3.64. The maximum atomic E-state index is 12.9. The highest BCUT2D eigenvalue weighted by molar-refractivity contribution is 5.31. The highest BCUT2D eigenvalue weighted by Crippen LogP contribution is 2.34. The summed E-state index contributed by atoms with van der Waals surface area (Å²) in [6, 6.07) is 7.19. The molecule has 2 rings (SSSR count). The van der Waals surface area contributed by atoms with Gasteiger partial charge in [-0.15, -0.1) is 0 Å². The Hall–Kier alpha value is -1.82. The molecular formula is C15H18F3N3. The fourth-order valence-electron chi connectivity index (χ4n) is 2.24. The number of hydrogen-bond acceptors (Lipinski definition) is 2. The molecule has 1 atom stereocenters. The molecule has 0 saturated heterocycles. The summed E-state index contributed by atoms with van der Waals surface area (Å²) in [4.78, 5) is 0. The maximum Gasteiger partial charge on any atom is 0.416 e. The monoisotopic (exact) mass is 297 g/mol. The van der Waals surface area contributed by atoms with Crippen LogP contribution in [0.25, 0.3) is 0 Å². The number of aromatic nitrogens is 2. The molecule has 0 fully saturated rings. The second-order valence-corrected chi connectivity index (χ2v) is 4.88. The Balaban J connectivity index is 1.90. The zero-order valence-corrected chi connectivity index (χ0v) is 11.8. The van der Waals surface area contributed by atoms with Crippen molar-refractivity contribution in [3.05, 3.63) is 53.9 Å². The lowest BCUT2D eigenvalue weighted by molar-refractivity contribution is -0.138. The summed E-state index contributed by atoms with van der Waals surface area (Å²) >= 11 is 0. The zero-order valence-electron chi connectivity index (χ0n) is 11.8. The molecule has 6 heteroatoms. The Morgan fingerprint density at radius 2 is 2.00 bits per heavy atom.